The molecule has 2 aliphatic rings. The van der Waals surface area contributed by atoms with E-state index in [1.54, 1.807) is 0 Å². The van der Waals surface area contributed by atoms with E-state index in [0.29, 0.717) is 18.2 Å². The van der Waals surface area contributed by atoms with Gasteiger partial charge in [0.2, 0.25) is 0 Å². The molecule has 0 spiro atoms. The van der Waals surface area contributed by atoms with E-state index in [1.165, 1.54) is 24.1 Å². The molecular weight excluding hydrogens is 328 g/mol. The molecule has 2 fully saturated rings. The number of anilines is 1. The monoisotopic (exact) mass is 352 g/mol. The van der Waals surface area contributed by atoms with Gasteiger partial charge in [0.25, 0.3) is 0 Å². The maximum atomic E-state index is 5.98. The predicted molar refractivity (Wildman–Crippen MR) is 91.0 cm³/mol. The standard InChI is InChI=1S/C17H25BrN2O/c1-3-8-19-12(2)16-7-4-13(18)9-17(16)20-10-14-5-6-15(11-20)21-14/h4,7,9,12,14-15,19H,3,5-6,8,10-11H2,1-2H3. The molecular formula is C17H25BrN2O. The largest absolute Gasteiger partial charge is 0.371 e. The van der Waals surface area contributed by atoms with Crippen LogP contribution in [-0.4, -0.2) is 31.8 Å². The van der Waals surface area contributed by atoms with Gasteiger partial charge in [0.05, 0.1) is 12.2 Å². The molecule has 116 valence electrons. The molecule has 0 amide bonds. The van der Waals surface area contributed by atoms with Crippen molar-refractivity contribution in [3.63, 3.8) is 0 Å². The molecule has 3 unspecified atom stereocenters. The van der Waals surface area contributed by atoms with E-state index in [1.807, 2.05) is 0 Å². The van der Waals surface area contributed by atoms with Gasteiger partial charge in [0.1, 0.15) is 0 Å². The Morgan fingerprint density at radius 3 is 2.71 bits per heavy atom. The van der Waals surface area contributed by atoms with Gasteiger partial charge >= 0.3 is 0 Å². The number of rotatable bonds is 5. The maximum absolute atomic E-state index is 5.98. The molecule has 1 aromatic rings. The summed E-state index contributed by atoms with van der Waals surface area (Å²) in [6.07, 6.45) is 4.45. The lowest BCUT2D eigenvalue weighted by Crippen LogP contribution is -2.43. The number of morpholine rings is 1. The minimum absolute atomic E-state index is 0.383. The molecule has 3 rings (SSSR count). The Kier molecular flexibility index (Phi) is 4.87. The molecule has 0 saturated carbocycles. The van der Waals surface area contributed by atoms with Crippen molar-refractivity contribution < 1.29 is 4.74 Å². The smallest absolute Gasteiger partial charge is 0.0755 e. The number of fused-ring (bicyclic) bond motifs is 2. The Morgan fingerprint density at radius 1 is 1.33 bits per heavy atom. The van der Waals surface area contributed by atoms with Crippen molar-refractivity contribution in [1.82, 2.24) is 5.32 Å². The highest BCUT2D eigenvalue weighted by Gasteiger charge is 2.34. The van der Waals surface area contributed by atoms with E-state index >= 15 is 0 Å². The Balaban J connectivity index is 1.84. The summed E-state index contributed by atoms with van der Waals surface area (Å²) in [5.41, 5.74) is 2.76. The van der Waals surface area contributed by atoms with Gasteiger partial charge in [-0.25, -0.2) is 0 Å². The quantitative estimate of drug-likeness (QED) is 0.870. The van der Waals surface area contributed by atoms with Crippen LogP contribution < -0.4 is 10.2 Å². The van der Waals surface area contributed by atoms with Gasteiger partial charge in [-0.3, -0.25) is 0 Å². The molecule has 2 aliphatic heterocycles. The zero-order chi connectivity index (χ0) is 14.8. The molecule has 3 atom stereocenters. The summed E-state index contributed by atoms with van der Waals surface area (Å²) in [7, 11) is 0. The molecule has 3 nitrogen and oxygen atoms in total. The highest BCUT2D eigenvalue weighted by atomic mass is 79.9. The predicted octanol–water partition coefficient (Wildman–Crippen LogP) is 3.88. The Morgan fingerprint density at radius 2 is 2.05 bits per heavy atom. The Labute approximate surface area is 136 Å². The fourth-order valence-electron chi connectivity index (χ4n) is 3.44. The molecule has 2 bridgehead atoms. The number of ether oxygens (including phenoxy) is 1. The number of hydrogen-bond acceptors (Lipinski definition) is 3. The maximum Gasteiger partial charge on any atom is 0.0755 e. The molecule has 4 heteroatoms. The first-order valence-electron chi connectivity index (χ1n) is 8.10. The third-order valence-electron chi connectivity index (χ3n) is 4.54. The van der Waals surface area contributed by atoms with E-state index in [0.717, 1.165) is 30.5 Å². The first-order valence-corrected chi connectivity index (χ1v) is 8.90. The fourth-order valence-corrected chi connectivity index (χ4v) is 3.79. The van der Waals surface area contributed by atoms with Crippen LogP contribution in [-0.2, 0) is 4.74 Å². The summed E-state index contributed by atoms with van der Waals surface area (Å²) in [6, 6.07) is 7.06. The van der Waals surface area contributed by atoms with Crippen molar-refractivity contribution in [3.05, 3.63) is 28.2 Å². The van der Waals surface area contributed by atoms with Crippen molar-refractivity contribution in [1.29, 1.82) is 0 Å². The van der Waals surface area contributed by atoms with Gasteiger partial charge in [-0.15, -0.1) is 0 Å². The molecule has 0 aromatic heterocycles. The Bertz CT molecular complexity index is 482. The molecule has 0 radical (unpaired) electrons. The third-order valence-corrected chi connectivity index (χ3v) is 5.04. The second-order valence-corrected chi connectivity index (χ2v) is 7.16. The lowest BCUT2D eigenvalue weighted by atomic mass is 10.0. The van der Waals surface area contributed by atoms with Gasteiger partial charge in [-0.1, -0.05) is 28.9 Å². The molecule has 1 N–H and O–H groups in total. The van der Waals surface area contributed by atoms with Crippen LogP contribution >= 0.6 is 15.9 Å². The summed E-state index contributed by atoms with van der Waals surface area (Å²) in [6.45, 7) is 7.59. The van der Waals surface area contributed by atoms with Crippen LogP contribution in [0.5, 0.6) is 0 Å². The molecule has 0 aliphatic carbocycles. The molecule has 2 saturated heterocycles. The van der Waals surface area contributed by atoms with Crippen molar-refractivity contribution in [3.8, 4) is 0 Å². The van der Waals surface area contributed by atoms with Crippen LogP contribution in [0.15, 0.2) is 22.7 Å². The van der Waals surface area contributed by atoms with E-state index < -0.39 is 0 Å². The average molecular weight is 353 g/mol. The van der Waals surface area contributed by atoms with Gasteiger partial charge in [-0.2, -0.15) is 0 Å². The van der Waals surface area contributed by atoms with Crippen molar-refractivity contribution in [2.24, 2.45) is 0 Å². The molecule has 1 aromatic carbocycles. The molecule has 21 heavy (non-hydrogen) atoms. The Hall–Kier alpha value is -0.580. The van der Waals surface area contributed by atoms with Gasteiger partial charge in [-0.05, 0) is 50.4 Å². The SMILES string of the molecule is CCCNC(C)c1ccc(Br)cc1N1CC2CCC(C1)O2. The van der Waals surface area contributed by atoms with Gasteiger partial charge < -0.3 is 15.0 Å². The number of nitrogens with one attached hydrogen (secondary N) is 1. The van der Waals surface area contributed by atoms with Crippen LogP contribution in [0.25, 0.3) is 0 Å². The highest BCUT2D eigenvalue weighted by Crippen LogP contribution is 2.35. The van der Waals surface area contributed by atoms with Crippen molar-refractivity contribution >= 4 is 21.6 Å². The van der Waals surface area contributed by atoms with Crippen molar-refractivity contribution in [2.75, 3.05) is 24.5 Å². The normalized spacial score (nSPS) is 26.1. The number of halogens is 1. The van der Waals surface area contributed by atoms with E-state index in [4.69, 9.17) is 4.74 Å². The minimum Gasteiger partial charge on any atom is -0.371 e. The summed E-state index contributed by atoms with van der Waals surface area (Å²) < 4.78 is 7.13. The van der Waals surface area contributed by atoms with Crippen LogP contribution in [0, 0.1) is 0 Å². The van der Waals surface area contributed by atoms with E-state index in [2.05, 4.69) is 58.2 Å². The second kappa shape index (κ2) is 6.67. The van der Waals surface area contributed by atoms with Crippen LogP contribution in [0.4, 0.5) is 5.69 Å². The lowest BCUT2D eigenvalue weighted by Gasteiger charge is -2.36. The average Bonchev–Trinajstić information content (AvgIpc) is 2.83. The molecule has 2 heterocycles. The van der Waals surface area contributed by atoms with E-state index in [-0.39, 0.29) is 0 Å². The van der Waals surface area contributed by atoms with Gasteiger partial charge in [0.15, 0.2) is 0 Å². The second-order valence-electron chi connectivity index (χ2n) is 6.24. The summed E-state index contributed by atoms with van der Waals surface area (Å²) in [5, 5.41) is 3.61. The number of hydrogen-bond donors (Lipinski definition) is 1. The minimum atomic E-state index is 0.383. The van der Waals surface area contributed by atoms with Crippen LogP contribution in [0.2, 0.25) is 0 Å². The highest BCUT2D eigenvalue weighted by molar-refractivity contribution is 9.10. The topological polar surface area (TPSA) is 24.5 Å². The lowest BCUT2D eigenvalue weighted by molar-refractivity contribution is 0.0304. The summed E-state index contributed by atoms with van der Waals surface area (Å²) in [5.74, 6) is 0. The first-order chi connectivity index (χ1) is 10.2. The van der Waals surface area contributed by atoms with E-state index in [9.17, 15) is 0 Å². The van der Waals surface area contributed by atoms with Gasteiger partial charge in [0, 0.05) is 29.3 Å². The number of nitrogens with zero attached hydrogens (tertiary/aromatic N) is 1. The number of benzene rings is 1. The fraction of sp³-hybridized carbons (Fsp3) is 0.647. The van der Waals surface area contributed by atoms with Crippen LogP contribution in [0.1, 0.15) is 44.7 Å². The zero-order valence-corrected chi connectivity index (χ0v) is 14.5. The third kappa shape index (κ3) is 3.43. The summed E-state index contributed by atoms with van der Waals surface area (Å²) in [4.78, 5) is 2.52. The van der Waals surface area contributed by atoms with Crippen molar-refractivity contribution in [2.45, 2.75) is 51.4 Å². The summed E-state index contributed by atoms with van der Waals surface area (Å²) >= 11 is 3.63. The zero-order valence-electron chi connectivity index (χ0n) is 12.9. The van der Waals surface area contributed by atoms with Crippen LogP contribution in [0.3, 0.4) is 0 Å². The first kappa shape index (κ1) is 15.3.